The quantitative estimate of drug-likeness (QED) is 0.843. The van der Waals surface area contributed by atoms with Crippen LogP contribution in [0.15, 0.2) is 15.5 Å². The Bertz CT molecular complexity index is 541. The molecule has 1 N–H and O–H groups in total. The van der Waals surface area contributed by atoms with Crippen molar-refractivity contribution in [2.45, 2.75) is 20.3 Å². The number of nitrogens with zero attached hydrogens (tertiary/aromatic N) is 2. The third-order valence-corrected chi connectivity index (χ3v) is 2.89. The summed E-state index contributed by atoms with van der Waals surface area (Å²) >= 11 is 3.26. The van der Waals surface area contributed by atoms with Gasteiger partial charge in [0.1, 0.15) is 4.47 Å². The lowest BCUT2D eigenvalue weighted by Gasteiger charge is -1.99. The lowest BCUT2D eigenvalue weighted by molar-refractivity contribution is 0.950. The van der Waals surface area contributed by atoms with Gasteiger partial charge in [0, 0.05) is 11.9 Å². The first-order valence-electron chi connectivity index (χ1n) is 4.40. The molecule has 2 rings (SSSR count). The number of imidazole rings is 1. The van der Waals surface area contributed by atoms with Gasteiger partial charge >= 0.3 is 0 Å². The van der Waals surface area contributed by atoms with Crippen LogP contribution in [0.4, 0.5) is 0 Å². The molecule has 2 heterocycles. The number of halogens is 1. The summed E-state index contributed by atoms with van der Waals surface area (Å²) in [6.45, 7) is 3.87. The van der Waals surface area contributed by atoms with Gasteiger partial charge in [-0.25, -0.2) is 4.98 Å². The highest BCUT2D eigenvalue weighted by Crippen LogP contribution is 2.11. The van der Waals surface area contributed by atoms with E-state index in [1.165, 1.54) is 4.40 Å². The predicted octanol–water partition coefficient (Wildman–Crippen LogP) is 1.66. The SMILES string of the molecule is CCc1nc2[nH]c(C)cn2c(=O)c1Br. The lowest BCUT2D eigenvalue weighted by atomic mass is 10.3. The van der Waals surface area contributed by atoms with E-state index in [1.807, 2.05) is 13.8 Å². The Morgan fingerprint density at radius 3 is 3.00 bits per heavy atom. The van der Waals surface area contributed by atoms with Crippen LogP contribution < -0.4 is 5.56 Å². The number of H-pyrrole nitrogens is 1. The highest BCUT2D eigenvalue weighted by molar-refractivity contribution is 9.10. The Balaban J connectivity index is 2.91. The van der Waals surface area contributed by atoms with E-state index in [2.05, 4.69) is 25.9 Å². The van der Waals surface area contributed by atoms with Crippen molar-refractivity contribution >= 4 is 21.7 Å². The van der Waals surface area contributed by atoms with Crippen molar-refractivity contribution in [3.05, 3.63) is 32.4 Å². The van der Waals surface area contributed by atoms with Crippen molar-refractivity contribution in [3.63, 3.8) is 0 Å². The minimum atomic E-state index is -0.0591. The van der Waals surface area contributed by atoms with Crippen molar-refractivity contribution in [1.82, 2.24) is 14.4 Å². The van der Waals surface area contributed by atoms with Crippen molar-refractivity contribution in [3.8, 4) is 0 Å². The summed E-state index contributed by atoms with van der Waals surface area (Å²) in [6.07, 6.45) is 2.49. The summed E-state index contributed by atoms with van der Waals surface area (Å²) < 4.78 is 2.06. The molecule has 4 nitrogen and oxygen atoms in total. The van der Waals surface area contributed by atoms with Crippen molar-refractivity contribution in [1.29, 1.82) is 0 Å². The molecular weight excluding hydrogens is 246 g/mol. The normalized spacial score (nSPS) is 11.1. The molecule has 0 atom stereocenters. The predicted molar refractivity (Wildman–Crippen MR) is 57.6 cm³/mol. The largest absolute Gasteiger partial charge is 0.328 e. The van der Waals surface area contributed by atoms with Crippen LogP contribution in [0.1, 0.15) is 18.3 Å². The molecular formula is C9H10BrN3O. The zero-order chi connectivity index (χ0) is 10.3. The fraction of sp³-hybridized carbons (Fsp3) is 0.333. The highest BCUT2D eigenvalue weighted by Gasteiger charge is 2.09. The van der Waals surface area contributed by atoms with Gasteiger partial charge in [-0.3, -0.25) is 9.20 Å². The summed E-state index contributed by atoms with van der Waals surface area (Å²) in [7, 11) is 0. The van der Waals surface area contributed by atoms with Crippen LogP contribution in [0.5, 0.6) is 0 Å². The molecule has 74 valence electrons. The molecule has 0 aliphatic carbocycles. The van der Waals surface area contributed by atoms with Gasteiger partial charge in [0.2, 0.25) is 5.78 Å². The molecule has 0 unspecified atom stereocenters. The van der Waals surface area contributed by atoms with Crippen LogP contribution in [0.3, 0.4) is 0 Å². The van der Waals surface area contributed by atoms with Gasteiger partial charge in [0.15, 0.2) is 0 Å². The standard InChI is InChI=1S/C9H10BrN3O/c1-3-6-7(10)8(14)13-4-5(2)11-9(13)12-6/h4H,3H2,1-2H3,(H,11,12). The lowest BCUT2D eigenvalue weighted by Crippen LogP contribution is -2.16. The first-order chi connectivity index (χ1) is 6.63. The van der Waals surface area contributed by atoms with Crippen LogP contribution in [-0.2, 0) is 6.42 Å². The molecule has 0 bridgehead atoms. The fourth-order valence-electron chi connectivity index (χ4n) is 1.40. The second kappa shape index (κ2) is 3.24. The smallest absolute Gasteiger partial charge is 0.273 e. The maximum Gasteiger partial charge on any atom is 0.273 e. The summed E-state index contributed by atoms with van der Waals surface area (Å²) in [5.74, 6) is 0.604. The van der Waals surface area contributed by atoms with Crippen LogP contribution in [-0.4, -0.2) is 14.4 Å². The summed E-state index contributed by atoms with van der Waals surface area (Å²) in [6, 6.07) is 0. The molecule has 5 heteroatoms. The molecule has 0 amide bonds. The Morgan fingerprint density at radius 2 is 2.36 bits per heavy atom. The number of hydrogen-bond acceptors (Lipinski definition) is 2. The van der Waals surface area contributed by atoms with Crippen molar-refractivity contribution in [2.24, 2.45) is 0 Å². The maximum atomic E-state index is 11.8. The summed E-state index contributed by atoms with van der Waals surface area (Å²) in [5, 5.41) is 0. The highest BCUT2D eigenvalue weighted by atomic mass is 79.9. The molecule has 0 radical (unpaired) electrons. The van der Waals surface area contributed by atoms with Gasteiger partial charge in [-0.1, -0.05) is 6.92 Å². The number of aromatic nitrogens is 3. The van der Waals surface area contributed by atoms with E-state index < -0.39 is 0 Å². The topological polar surface area (TPSA) is 50.2 Å². The molecule has 14 heavy (non-hydrogen) atoms. The molecule has 0 saturated heterocycles. The van der Waals surface area contributed by atoms with Crippen LogP contribution >= 0.6 is 15.9 Å². The average molecular weight is 256 g/mol. The van der Waals surface area contributed by atoms with Crippen molar-refractivity contribution in [2.75, 3.05) is 0 Å². The number of aromatic amines is 1. The van der Waals surface area contributed by atoms with Gasteiger partial charge < -0.3 is 4.98 Å². The number of hydrogen-bond donors (Lipinski definition) is 1. The Morgan fingerprint density at radius 1 is 1.64 bits per heavy atom. The van der Waals surface area contributed by atoms with Gasteiger partial charge in [-0.2, -0.15) is 0 Å². The molecule has 0 saturated carbocycles. The third kappa shape index (κ3) is 1.28. The van der Waals surface area contributed by atoms with Gasteiger partial charge in [-0.15, -0.1) is 0 Å². The Kier molecular flexibility index (Phi) is 2.19. The number of rotatable bonds is 1. The van der Waals surface area contributed by atoms with E-state index in [1.54, 1.807) is 6.20 Å². The fourth-order valence-corrected chi connectivity index (χ4v) is 1.96. The van der Waals surface area contributed by atoms with E-state index in [-0.39, 0.29) is 5.56 Å². The van der Waals surface area contributed by atoms with E-state index in [0.29, 0.717) is 10.3 Å². The molecule has 0 aromatic carbocycles. The minimum Gasteiger partial charge on any atom is -0.328 e. The third-order valence-electron chi connectivity index (χ3n) is 2.10. The second-order valence-corrected chi connectivity index (χ2v) is 3.95. The zero-order valence-electron chi connectivity index (χ0n) is 7.97. The molecule has 0 aliphatic rings. The van der Waals surface area contributed by atoms with Gasteiger partial charge in [0.05, 0.1) is 5.69 Å². The maximum absolute atomic E-state index is 11.8. The minimum absolute atomic E-state index is 0.0591. The van der Waals surface area contributed by atoms with E-state index >= 15 is 0 Å². The Hall–Kier alpha value is -1.10. The second-order valence-electron chi connectivity index (χ2n) is 3.16. The molecule has 2 aromatic heterocycles. The molecule has 2 aromatic rings. The van der Waals surface area contributed by atoms with E-state index in [4.69, 9.17) is 0 Å². The Labute approximate surface area is 89.1 Å². The van der Waals surface area contributed by atoms with Gasteiger partial charge in [0.25, 0.3) is 5.56 Å². The zero-order valence-corrected chi connectivity index (χ0v) is 9.55. The monoisotopic (exact) mass is 255 g/mol. The number of fused-ring (bicyclic) bond motifs is 1. The molecule has 0 aliphatic heterocycles. The van der Waals surface area contributed by atoms with Crippen LogP contribution in [0.2, 0.25) is 0 Å². The number of aryl methyl sites for hydroxylation is 2. The molecule has 0 fully saturated rings. The van der Waals surface area contributed by atoms with E-state index in [0.717, 1.165) is 17.8 Å². The molecule has 0 spiro atoms. The first kappa shape index (κ1) is 9.45. The first-order valence-corrected chi connectivity index (χ1v) is 5.19. The average Bonchev–Trinajstić information content (AvgIpc) is 2.52. The van der Waals surface area contributed by atoms with E-state index in [9.17, 15) is 4.79 Å². The summed E-state index contributed by atoms with van der Waals surface area (Å²) in [4.78, 5) is 19.1. The number of nitrogens with one attached hydrogen (secondary N) is 1. The van der Waals surface area contributed by atoms with Crippen LogP contribution in [0.25, 0.3) is 5.78 Å². The van der Waals surface area contributed by atoms with Crippen LogP contribution in [0, 0.1) is 6.92 Å². The summed E-state index contributed by atoms with van der Waals surface area (Å²) in [5.41, 5.74) is 1.66. The van der Waals surface area contributed by atoms with Crippen molar-refractivity contribution < 1.29 is 0 Å². The van der Waals surface area contributed by atoms with Gasteiger partial charge in [-0.05, 0) is 29.3 Å².